The quantitative estimate of drug-likeness (QED) is 0.826. The van der Waals surface area contributed by atoms with Gasteiger partial charge in [0.1, 0.15) is 0 Å². The van der Waals surface area contributed by atoms with Crippen LogP contribution < -0.4 is 5.73 Å². The van der Waals surface area contributed by atoms with Crippen molar-refractivity contribution >= 4 is 0 Å². The Kier molecular flexibility index (Phi) is 3.85. The summed E-state index contributed by atoms with van der Waals surface area (Å²) in [4.78, 5) is 4.24. The minimum Gasteiger partial charge on any atom is -0.339 e. The van der Waals surface area contributed by atoms with Gasteiger partial charge in [0.2, 0.25) is 5.89 Å². The molecule has 0 amide bonds. The third-order valence-corrected chi connectivity index (χ3v) is 2.14. The molecule has 1 aromatic heterocycles. The molecular formula is C11H21N3O. The first-order valence-corrected chi connectivity index (χ1v) is 5.48. The maximum atomic E-state index is 6.01. The molecule has 1 atom stereocenters. The molecule has 0 bridgehead atoms. The predicted octanol–water partition coefficient (Wildman–Crippen LogP) is 1.94. The van der Waals surface area contributed by atoms with Crippen LogP contribution in [0.4, 0.5) is 0 Å². The molecule has 4 heteroatoms. The molecule has 0 aliphatic rings. The van der Waals surface area contributed by atoms with Crippen LogP contribution in [-0.2, 0) is 12.8 Å². The molecule has 1 rings (SSSR count). The SMILES string of the molecule is CCc1noc(CC(N)CC(C)(C)C)n1. The van der Waals surface area contributed by atoms with Gasteiger partial charge in [0, 0.05) is 18.9 Å². The van der Waals surface area contributed by atoms with Gasteiger partial charge in [-0.15, -0.1) is 0 Å². The predicted molar refractivity (Wildman–Crippen MR) is 59.4 cm³/mol. The van der Waals surface area contributed by atoms with E-state index in [0.717, 1.165) is 18.7 Å². The lowest BCUT2D eigenvalue weighted by molar-refractivity contribution is 0.312. The van der Waals surface area contributed by atoms with Crippen LogP contribution in [0, 0.1) is 5.41 Å². The van der Waals surface area contributed by atoms with Gasteiger partial charge in [0.15, 0.2) is 5.82 Å². The number of nitrogens with two attached hydrogens (primary N) is 1. The smallest absolute Gasteiger partial charge is 0.228 e. The summed E-state index contributed by atoms with van der Waals surface area (Å²) < 4.78 is 5.10. The number of hydrogen-bond donors (Lipinski definition) is 1. The second-order valence-corrected chi connectivity index (χ2v) is 5.19. The maximum absolute atomic E-state index is 6.01. The van der Waals surface area contributed by atoms with Crippen LogP contribution in [0.1, 0.15) is 45.8 Å². The van der Waals surface area contributed by atoms with Gasteiger partial charge in [-0.1, -0.05) is 32.9 Å². The number of nitrogens with zero attached hydrogens (tertiary/aromatic N) is 2. The van der Waals surface area contributed by atoms with E-state index in [4.69, 9.17) is 10.3 Å². The van der Waals surface area contributed by atoms with Gasteiger partial charge in [0.25, 0.3) is 0 Å². The fourth-order valence-electron chi connectivity index (χ4n) is 1.60. The standard InChI is InChI=1S/C11H21N3O/c1-5-9-13-10(15-14-9)6-8(12)7-11(2,3)4/h8H,5-7,12H2,1-4H3. The summed E-state index contributed by atoms with van der Waals surface area (Å²) in [6, 6.07) is 0.0927. The van der Waals surface area contributed by atoms with Crippen molar-refractivity contribution in [3.05, 3.63) is 11.7 Å². The van der Waals surface area contributed by atoms with Crippen LogP contribution in [0.2, 0.25) is 0 Å². The van der Waals surface area contributed by atoms with Gasteiger partial charge in [-0.2, -0.15) is 4.98 Å². The first-order chi connectivity index (χ1) is 6.90. The minimum absolute atomic E-state index is 0.0927. The Labute approximate surface area is 91.2 Å². The third-order valence-electron chi connectivity index (χ3n) is 2.14. The van der Waals surface area contributed by atoms with E-state index in [1.165, 1.54) is 0 Å². The normalized spacial score (nSPS) is 14.2. The fourth-order valence-corrected chi connectivity index (χ4v) is 1.60. The highest BCUT2D eigenvalue weighted by Gasteiger charge is 2.18. The van der Waals surface area contributed by atoms with Crippen LogP contribution in [0.5, 0.6) is 0 Å². The highest BCUT2D eigenvalue weighted by Crippen LogP contribution is 2.21. The number of aryl methyl sites for hydroxylation is 1. The molecular weight excluding hydrogens is 190 g/mol. The van der Waals surface area contributed by atoms with Crippen molar-refractivity contribution in [2.75, 3.05) is 0 Å². The van der Waals surface area contributed by atoms with E-state index in [2.05, 4.69) is 30.9 Å². The molecule has 1 unspecified atom stereocenters. The van der Waals surface area contributed by atoms with Crippen molar-refractivity contribution < 1.29 is 4.52 Å². The molecule has 0 aliphatic carbocycles. The molecule has 0 aromatic carbocycles. The first-order valence-electron chi connectivity index (χ1n) is 5.48. The van der Waals surface area contributed by atoms with Crippen LogP contribution in [-0.4, -0.2) is 16.2 Å². The van der Waals surface area contributed by atoms with Crippen molar-refractivity contribution in [1.29, 1.82) is 0 Å². The van der Waals surface area contributed by atoms with Gasteiger partial charge in [0.05, 0.1) is 0 Å². The molecule has 1 heterocycles. The van der Waals surface area contributed by atoms with E-state index in [1.54, 1.807) is 0 Å². The van der Waals surface area contributed by atoms with E-state index in [0.29, 0.717) is 12.3 Å². The van der Waals surface area contributed by atoms with Crippen LogP contribution in [0.3, 0.4) is 0 Å². The van der Waals surface area contributed by atoms with Crippen molar-refractivity contribution in [2.24, 2.45) is 11.1 Å². The lowest BCUT2D eigenvalue weighted by Crippen LogP contribution is -2.28. The summed E-state index contributed by atoms with van der Waals surface area (Å²) in [5, 5.41) is 3.84. The van der Waals surface area contributed by atoms with Crippen molar-refractivity contribution in [3.63, 3.8) is 0 Å². The highest BCUT2D eigenvalue weighted by molar-refractivity contribution is 4.89. The summed E-state index contributed by atoms with van der Waals surface area (Å²) in [5.41, 5.74) is 6.26. The van der Waals surface area contributed by atoms with Gasteiger partial charge in [-0.05, 0) is 11.8 Å². The Balaban J connectivity index is 2.47. The van der Waals surface area contributed by atoms with E-state index in [-0.39, 0.29) is 11.5 Å². The van der Waals surface area contributed by atoms with Crippen LogP contribution in [0.15, 0.2) is 4.52 Å². The molecule has 0 spiro atoms. The summed E-state index contributed by atoms with van der Waals surface area (Å²) in [6.45, 7) is 8.54. The summed E-state index contributed by atoms with van der Waals surface area (Å²) in [6.07, 6.45) is 2.43. The molecule has 86 valence electrons. The Morgan fingerprint density at radius 2 is 2.07 bits per heavy atom. The molecule has 0 fully saturated rings. The lowest BCUT2D eigenvalue weighted by atomic mass is 9.87. The van der Waals surface area contributed by atoms with Crippen molar-refractivity contribution in [3.8, 4) is 0 Å². The summed E-state index contributed by atoms with van der Waals surface area (Å²) in [5.74, 6) is 1.41. The van der Waals surface area contributed by atoms with E-state index < -0.39 is 0 Å². The highest BCUT2D eigenvalue weighted by atomic mass is 16.5. The van der Waals surface area contributed by atoms with Crippen LogP contribution in [0.25, 0.3) is 0 Å². The topological polar surface area (TPSA) is 64.9 Å². The summed E-state index contributed by atoms with van der Waals surface area (Å²) >= 11 is 0. The zero-order valence-corrected chi connectivity index (χ0v) is 10.1. The summed E-state index contributed by atoms with van der Waals surface area (Å²) in [7, 11) is 0. The second kappa shape index (κ2) is 4.75. The van der Waals surface area contributed by atoms with E-state index in [9.17, 15) is 0 Å². The number of aromatic nitrogens is 2. The number of hydrogen-bond acceptors (Lipinski definition) is 4. The fraction of sp³-hybridized carbons (Fsp3) is 0.818. The zero-order chi connectivity index (χ0) is 11.5. The first kappa shape index (κ1) is 12.2. The average molecular weight is 211 g/mol. The molecule has 2 N–H and O–H groups in total. The molecule has 1 aromatic rings. The molecule has 0 radical (unpaired) electrons. The van der Waals surface area contributed by atoms with E-state index in [1.807, 2.05) is 6.92 Å². The van der Waals surface area contributed by atoms with E-state index >= 15 is 0 Å². The Hall–Kier alpha value is -0.900. The molecule has 0 saturated heterocycles. The number of rotatable bonds is 4. The Morgan fingerprint density at radius 3 is 2.53 bits per heavy atom. The van der Waals surface area contributed by atoms with Crippen molar-refractivity contribution in [2.45, 2.75) is 53.0 Å². The largest absolute Gasteiger partial charge is 0.339 e. The molecule has 4 nitrogen and oxygen atoms in total. The van der Waals surface area contributed by atoms with Crippen LogP contribution >= 0.6 is 0 Å². The lowest BCUT2D eigenvalue weighted by Gasteiger charge is -2.21. The van der Waals surface area contributed by atoms with Gasteiger partial charge < -0.3 is 10.3 Å². The monoisotopic (exact) mass is 211 g/mol. The zero-order valence-electron chi connectivity index (χ0n) is 10.1. The Morgan fingerprint density at radius 1 is 1.40 bits per heavy atom. The minimum atomic E-state index is 0.0927. The second-order valence-electron chi connectivity index (χ2n) is 5.19. The third kappa shape index (κ3) is 4.42. The Bertz CT molecular complexity index is 301. The molecule has 0 saturated carbocycles. The molecule has 15 heavy (non-hydrogen) atoms. The molecule has 0 aliphatic heterocycles. The van der Waals surface area contributed by atoms with Gasteiger partial charge >= 0.3 is 0 Å². The maximum Gasteiger partial charge on any atom is 0.228 e. The van der Waals surface area contributed by atoms with Gasteiger partial charge in [-0.25, -0.2) is 0 Å². The van der Waals surface area contributed by atoms with Gasteiger partial charge in [-0.3, -0.25) is 0 Å². The van der Waals surface area contributed by atoms with Crippen molar-refractivity contribution in [1.82, 2.24) is 10.1 Å². The average Bonchev–Trinajstić information content (AvgIpc) is 2.48.